The lowest BCUT2D eigenvalue weighted by Gasteiger charge is -2.43. The SMILES string of the molecule is CC(C)(C)[Si](OCC1C(=C=O)C(C(=O)O)NC1N1CC1)(c1ccccc1)c1ccccc1. The number of nitrogens with one attached hydrogen (secondary N) is 1. The molecule has 2 fully saturated rings. The summed E-state index contributed by atoms with van der Waals surface area (Å²) in [5, 5.41) is 14.9. The van der Waals surface area contributed by atoms with E-state index in [1.165, 1.54) is 0 Å². The number of carbonyl (C=O) groups is 1. The first-order valence-electron chi connectivity index (χ1n) is 11.0. The molecule has 3 atom stereocenters. The van der Waals surface area contributed by atoms with Crippen LogP contribution in [0, 0.1) is 5.92 Å². The predicted molar refractivity (Wildman–Crippen MR) is 126 cm³/mol. The molecule has 0 amide bonds. The van der Waals surface area contributed by atoms with Crippen molar-refractivity contribution in [1.29, 1.82) is 0 Å². The molecule has 0 aromatic heterocycles. The Morgan fingerprint density at radius 2 is 1.62 bits per heavy atom. The fraction of sp³-hybridized carbons (Fsp3) is 0.400. The number of benzene rings is 2. The molecule has 0 radical (unpaired) electrons. The summed E-state index contributed by atoms with van der Waals surface area (Å²) < 4.78 is 7.00. The molecule has 168 valence electrons. The summed E-state index contributed by atoms with van der Waals surface area (Å²) in [6, 6.07) is 19.6. The predicted octanol–water partition coefficient (Wildman–Crippen LogP) is 1.64. The Bertz CT molecular complexity index is 972. The summed E-state index contributed by atoms with van der Waals surface area (Å²) >= 11 is 0. The highest BCUT2D eigenvalue weighted by Crippen LogP contribution is 2.39. The third-order valence-corrected chi connectivity index (χ3v) is 11.6. The fourth-order valence-electron chi connectivity index (χ4n) is 4.95. The lowest BCUT2D eigenvalue weighted by molar-refractivity contribution is -0.138. The topological polar surface area (TPSA) is 78.6 Å². The van der Waals surface area contributed by atoms with Crippen LogP contribution in [0.4, 0.5) is 0 Å². The molecule has 0 bridgehead atoms. The highest BCUT2D eigenvalue weighted by atomic mass is 28.4. The van der Waals surface area contributed by atoms with E-state index in [-0.39, 0.29) is 29.3 Å². The summed E-state index contributed by atoms with van der Waals surface area (Å²) in [5.74, 6) is 0.529. The smallest absolute Gasteiger partial charge is 0.325 e. The summed E-state index contributed by atoms with van der Waals surface area (Å²) in [6.07, 6.45) is -0.231. The third kappa shape index (κ3) is 3.98. The third-order valence-electron chi connectivity index (χ3n) is 6.57. The minimum absolute atomic E-state index is 0.200. The van der Waals surface area contributed by atoms with Crippen LogP contribution in [0.5, 0.6) is 0 Å². The van der Waals surface area contributed by atoms with Crippen LogP contribution in [0.15, 0.2) is 66.2 Å². The van der Waals surface area contributed by atoms with E-state index in [4.69, 9.17) is 4.43 Å². The van der Waals surface area contributed by atoms with Gasteiger partial charge in [-0.3, -0.25) is 15.0 Å². The van der Waals surface area contributed by atoms with Gasteiger partial charge >= 0.3 is 5.97 Å². The van der Waals surface area contributed by atoms with Gasteiger partial charge in [0.05, 0.1) is 11.7 Å². The van der Waals surface area contributed by atoms with E-state index in [0.717, 1.165) is 23.5 Å². The second kappa shape index (κ2) is 8.77. The van der Waals surface area contributed by atoms with Crippen molar-refractivity contribution >= 4 is 30.6 Å². The molecular weight excluding hydrogens is 420 g/mol. The average molecular weight is 451 g/mol. The Labute approximate surface area is 190 Å². The highest BCUT2D eigenvalue weighted by Gasteiger charge is 2.53. The first kappa shape index (κ1) is 22.6. The van der Waals surface area contributed by atoms with E-state index < -0.39 is 20.3 Å². The van der Waals surface area contributed by atoms with Crippen LogP contribution in [-0.2, 0) is 14.0 Å². The lowest BCUT2D eigenvalue weighted by atomic mass is 9.98. The van der Waals surface area contributed by atoms with Gasteiger partial charge < -0.3 is 9.53 Å². The molecule has 2 aliphatic heterocycles. The number of nitrogens with zero attached hydrogens (tertiary/aromatic N) is 1. The summed E-state index contributed by atoms with van der Waals surface area (Å²) in [6.45, 7) is 8.62. The van der Waals surface area contributed by atoms with Crippen molar-refractivity contribution < 1.29 is 19.1 Å². The van der Waals surface area contributed by atoms with Crippen molar-refractivity contribution in [2.45, 2.75) is 38.0 Å². The van der Waals surface area contributed by atoms with Crippen molar-refractivity contribution in [2.24, 2.45) is 5.92 Å². The molecule has 2 N–H and O–H groups in total. The minimum Gasteiger partial charge on any atom is -0.480 e. The van der Waals surface area contributed by atoms with Crippen molar-refractivity contribution in [3.63, 3.8) is 0 Å². The number of carboxylic acids is 1. The van der Waals surface area contributed by atoms with Crippen molar-refractivity contribution in [3.05, 3.63) is 66.2 Å². The van der Waals surface area contributed by atoms with E-state index >= 15 is 0 Å². The second-order valence-corrected chi connectivity index (χ2v) is 13.9. The molecule has 2 heterocycles. The fourth-order valence-corrected chi connectivity index (χ4v) is 9.54. The second-order valence-electron chi connectivity index (χ2n) is 9.56. The Kier molecular flexibility index (Phi) is 6.21. The Hall–Kier alpha value is -2.54. The highest BCUT2D eigenvalue weighted by molar-refractivity contribution is 6.99. The van der Waals surface area contributed by atoms with Gasteiger partial charge in [-0.2, -0.15) is 0 Å². The molecule has 2 aromatic carbocycles. The van der Waals surface area contributed by atoms with Gasteiger partial charge in [-0.1, -0.05) is 81.4 Å². The maximum absolute atomic E-state index is 11.9. The van der Waals surface area contributed by atoms with Gasteiger partial charge in [0.15, 0.2) is 0 Å². The standard InChI is InChI=1S/C25H30N2O4Si/c1-25(2,3)32(18-10-6-4-7-11-18,19-12-8-5-9-13-19)31-17-21-20(16-28)22(24(29)30)26-23(21)27-14-15-27/h4-13,21-23,26H,14-15,17H2,1-3H3,(H,29,30). The number of carboxylic acid groups (broad SMARTS) is 1. The van der Waals surface area contributed by atoms with Crippen LogP contribution in [0.1, 0.15) is 20.8 Å². The van der Waals surface area contributed by atoms with Crippen LogP contribution in [-0.4, -0.2) is 62.1 Å². The average Bonchev–Trinajstić information content (AvgIpc) is 3.55. The van der Waals surface area contributed by atoms with Gasteiger partial charge in [-0.05, 0) is 15.4 Å². The molecule has 0 saturated carbocycles. The van der Waals surface area contributed by atoms with Gasteiger partial charge in [0, 0.05) is 25.6 Å². The molecule has 2 saturated heterocycles. The van der Waals surface area contributed by atoms with Gasteiger partial charge in [-0.15, -0.1) is 0 Å². The van der Waals surface area contributed by atoms with E-state index in [2.05, 4.69) is 55.3 Å². The van der Waals surface area contributed by atoms with Crippen molar-refractivity contribution in [3.8, 4) is 0 Å². The van der Waals surface area contributed by atoms with Crippen LogP contribution >= 0.6 is 0 Å². The van der Waals surface area contributed by atoms with Crippen molar-refractivity contribution in [2.75, 3.05) is 19.7 Å². The van der Waals surface area contributed by atoms with Crippen molar-refractivity contribution in [1.82, 2.24) is 10.2 Å². The number of aliphatic carboxylic acids is 1. The minimum atomic E-state index is -2.79. The van der Waals surface area contributed by atoms with Crippen LogP contribution < -0.4 is 15.7 Å². The molecule has 0 aliphatic carbocycles. The maximum Gasteiger partial charge on any atom is 0.325 e. The van der Waals surface area contributed by atoms with Gasteiger partial charge in [0.2, 0.25) is 0 Å². The summed E-state index contributed by atoms with van der Waals surface area (Å²) in [5.41, 5.74) is 0.243. The van der Waals surface area contributed by atoms with E-state index in [1.54, 1.807) is 0 Å². The van der Waals surface area contributed by atoms with Crippen LogP contribution in [0.2, 0.25) is 5.04 Å². The molecule has 0 spiro atoms. The molecule has 3 unspecified atom stereocenters. The molecule has 2 aromatic rings. The first-order chi connectivity index (χ1) is 15.3. The zero-order valence-corrected chi connectivity index (χ0v) is 19.7. The number of rotatable bonds is 7. The molecule has 6 nitrogen and oxygen atoms in total. The molecule has 7 heteroatoms. The number of hydrogen-bond donors (Lipinski definition) is 2. The van der Waals surface area contributed by atoms with Gasteiger partial charge in [0.1, 0.15) is 12.0 Å². The number of carbonyl (C=O) groups excluding carboxylic acids is 1. The van der Waals surface area contributed by atoms with E-state index in [0.29, 0.717) is 0 Å². The Balaban J connectivity index is 1.76. The Morgan fingerprint density at radius 1 is 1.09 bits per heavy atom. The Morgan fingerprint density at radius 3 is 2.03 bits per heavy atom. The monoisotopic (exact) mass is 450 g/mol. The molecular formula is C25H30N2O4Si. The summed E-state index contributed by atoms with van der Waals surface area (Å²) in [7, 11) is -2.79. The normalized spacial score (nSPS) is 23.7. The zero-order chi connectivity index (χ0) is 22.9. The van der Waals surface area contributed by atoms with Gasteiger partial charge in [-0.25, -0.2) is 4.79 Å². The lowest BCUT2D eigenvalue weighted by Crippen LogP contribution is -2.67. The van der Waals surface area contributed by atoms with Crippen LogP contribution in [0.25, 0.3) is 0 Å². The quantitative estimate of drug-likeness (QED) is 0.379. The van der Waals surface area contributed by atoms with Crippen LogP contribution in [0.3, 0.4) is 0 Å². The van der Waals surface area contributed by atoms with E-state index in [9.17, 15) is 14.7 Å². The largest absolute Gasteiger partial charge is 0.480 e. The maximum atomic E-state index is 11.9. The summed E-state index contributed by atoms with van der Waals surface area (Å²) in [4.78, 5) is 25.8. The van der Waals surface area contributed by atoms with E-state index in [1.807, 2.05) is 42.3 Å². The van der Waals surface area contributed by atoms with Gasteiger partial charge in [0.25, 0.3) is 8.32 Å². The first-order valence-corrected chi connectivity index (χ1v) is 12.9. The molecule has 4 rings (SSSR count). The number of hydrogen-bond acceptors (Lipinski definition) is 5. The molecule has 2 aliphatic rings. The zero-order valence-electron chi connectivity index (χ0n) is 18.7. The molecule has 32 heavy (non-hydrogen) atoms.